The summed E-state index contributed by atoms with van der Waals surface area (Å²) >= 11 is 3.31. The van der Waals surface area contributed by atoms with E-state index in [9.17, 15) is 13.2 Å². The number of anilines is 1. The first-order chi connectivity index (χ1) is 11.0. The maximum atomic E-state index is 12.0. The number of hydrogen-bond acceptors (Lipinski definition) is 4. The number of benzene rings is 2. The van der Waals surface area contributed by atoms with Gasteiger partial charge in [0.25, 0.3) is 5.91 Å². The van der Waals surface area contributed by atoms with E-state index in [1.54, 1.807) is 18.2 Å². The maximum absolute atomic E-state index is 12.0. The van der Waals surface area contributed by atoms with Crippen molar-refractivity contribution in [3.8, 4) is 5.75 Å². The molecule has 2 aromatic carbocycles. The van der Waals surface area contributed by atoms with Gasteiger partial charge in [0.15, 0.2) is 0 Å². The predicted molar refractivity (Wildman–Crippen MR) is 89.3 cm³/mol. The monoisotopic (exact) mass is 396 g/mol. The van der Waals surface area contributed by atoms with Gasteiger partial charge in [0.05, 0.1) is 5.69 Å². The van der Waals surface area contributed by atoms with Gasteiger partial charge in [0.2, 0.25) is 0 Å². The van der Waals surface area contributed by atoms with E-state index in [4.69, 9.17) is 4.74 Å². The number of ether oxygens (including phenoxy) is 1. The van der Waals surface area contributed by atoms with Crippen molar-refractivity contribution in [2.45, 2.75) is 6.61 Å². The van der Waals surface area contributed by atoms with Gasteiger partial charge in [-0.25, -0.2) is 9.03 Å². The van der Waals surface area contributed by atoms with Gasteiger partial charge in [-0.15, -0.1) is 0 Å². The lowest BCUT2D eigenvalue weighted by atomic mass is 10.2. The molecule has 6 nitrogen and oxygen atoms in total. The highest BCUT2D eigenvalue weighted by molar-refractivity contribution is 9.10. The van der Waals surface area contributed by atoms with Crippen LogP contribution in [0.4, 0.5) is 5.69 Å². The summed E-state index contributed by atoms with van der Waals surface area (Å²) in [6.45, 7) is 0.0330. The molecular formula is C15H13BrN2O4S. The second kappa shape index (κ2) is 6.21. The van der Waals surface area contributed by atoms with Gasteiger partial charge in [0.1, 0.15) is 18.9 Å². The molecule has 0 saturated carbocycles. The number of carbonyl (C=O) groups is 1. The Morgan fingerprint density at radius 1 is 1.17 bits per heavy atom. The van der Waals surface area contributed by atoms with Gasteiger partial charge < -0.3 is 4.74 Å². The van der Waals surface area contributed by atoms with Gasteiger partial charge in [-0.1, -0.05) is 46.3 Å². The minimum Gasteiger partial charge on any atom is -0.487 e. The van der Waals surface area contributed by atoms with Crippen molar-refractivity contribution in [2.24, 2.45) is 0 Å². The molecule has 0 unspecified atom stereocenters. The Bertz CT molecular complexity index is 840. The van der Waals surface area contributed by atoms with Gasteiger partial charge in [-0.05, 0) is 23.8 Å². The highest BCUT2D eigenvalue weighted by Crippen LogP contribution is 2.34. The van der Waals surface area contributed by atoms with Crippen LogP contribution >= 0.6 is 15.9 Å². The Labute approximate surface area is 142 Å². The van der Waals surface area contributed by atoms with Gasteiger partial charge in [0, 0.05) is 4.47 Å². The van der Waals surface area contributed by atoms with E-state index in [1.165, 1.54) is 0 Å². The van der Waals surface area contributed by atoms with Crippen molar-refractivity contribution in [3.05, 3.63) is 58.6 Å². The summed E-state index contributed by atoms with van der Waals surface area (Å²) in [5.41, 5.74) is 1.27. The number of nitrogens with one attached hydrogen (secondary N) is 1. The summed E-state index contributed by atoms with van der Waals surface area (Å²) in [4.78, 5) is 11.4. The second-order valence-electron chi connectivity index (χ2n) is 4.92. The van der Waals surface area contributed by atoms with E-state index >= 15 is 0 Å². The zero-order chi connectivity index (χ0) is 16.4. The number of carbonyl (C=O) groups excluding carboxylic acids is 1. The summed E-state index contributed by atoms with van der Waals surface area (Å²) in [6, 6.07) is 14.6. The zero-order valence-electron chi connectivity index (χ0n) is 11.9. The summed E-state index contributed by atoms with van der Waals surface area (Å²) in [6.07, 6.45) is 0. The highest BCUT2D eigenvalue weighted by Gasteiger charge is 2.35. The van der Waals surface area contributed by atoms with E-state index in [0.717, 1.165) is 9.87 Å². The van der Waals surface area contributed by atoms with Crippen LogP contribution in [0.15, 0.2) is 53.0 Å². The van der Waals surface area contributed by atoms with Crippen LogP contribution in [0.3, 0.4) is 0 Å². The lowest BCUT2D eigenvalue weighted by molar-refractivity contribution is -0.117. The summed E-state index contributed by atoms with van der Waals surface area (Å²) in [5, 5.41) is 0. The van der Waals surface area contributed by atoms with Gasteiger partial charge in [-0.3, -0.25) is 4.79 Å². The molecule has 3 rings (SSSR count). The van der Waals surface area contributed by atoms with E-state index in [1.807, 2.05) is 35.1 Å². The van der Waals surface area contributed by atoms with Crippen LogP contribution in [0.1, 0.15) is 5.56 Å². The largest absolute Gasteiger partial charge is 0.487 e. The fraction of sp³-hybridized carbons (Fsp3) is 0.133. The molecule has 1 aliphatic rings. The number of halogens is 1. The summed E-state index contributed by atoms with van der Waals surface area (Å²) < 4.78 is 33.5. The Morgan fingerprint density at radius 3 is 2.57 bits per heavy atom. The molecule has 0 aliphatic carbocycles. The first-order valence-electron chi connectivity index (χ1n) is 6.75. The fourth-order valence-electron chi connectivity index (χ4n) is 2.20. The highest BCUT2D eigenvalue weighted by atomic mass is 79.9. The van der Waals surface area contributed by atoms with Gasteiger partial charge in [-0.2, -0.15) is 8.42 Å². The molecule has 2 aromatic rings. The number of amides is 1. The van der Waals surface area contributed by atoms with Crippen molar-refractivity contribution >= 4 is 37.7 Å². The van der Waals surface area contributed by atoms with Crippen LogP contribution in [0.25, 0.3) is 0 Å². The predicted octanol–water partition coefficient (Wildman–Crippen LogP) is 2.21. The average molecular weight is 397 g/mol. The molecule has 120 valence electrons. The molecule has 1 amide bonds. The molecule has 23 heavy (non-hydrogen) atoms. The number of rotatable bonds is 4. The Morgan fingerprint density at radius 2 is 1.91 bits per heavy atom. The summed E-state index contributed by atoms with van der Waals surface area (Å²) in [5.74, 6) is -0.184. The van der Waals surface area contributed by atoms with Crippen LogP contribution < -0.4 is 13.8 Å². The second-order valence-corrected chi connectivity index (χ2v) is 7.43. The van der Waals surface area contributed by atoms with Crippen LogP contribution in [-0.2, 0) is 21.6 Å². The van der Waals surface area contributed by atoms with Crippen molar-refractivity contribution in [2.75, 3.05) is 10.8 Å². The third-order valence-corrected chi connectivity index (χ3v) is 5.13. The topological polar surface area (TPSA) is 75.7 Å². The molecule has 1 saturated heterocycles. The molecule has 8 heteroatoms. The van der Waals surface area contributed by atoms with Crippen LogP contribution in [0.2, 0.25) is 0 Å². The smallest absolute Gasteiger partial charge is 0.326 e. The molecule has 0 bridgehead atoms. The first kappa shape index (κ1) is 15.8. The lowest BCUT2D eigenvalue weighted by Crippen LogP contribution is -2.29. The van der Waals surface area contributed by atoms with E-state index < -0.39 is 16.1 Å². The number of hydrogen-bond donors (Lipinski definition) is 1. The first-order valence-corrected chi connectivity index (χ1v) is 8.98. The minimum atomic E-state index is -3.88. The SMILES string of the molecule is O=C1CN(c2cc(Br)ccc2OCc2ccccc2)S(=O)(=O)N1. The van der Waals surface area contributed by atoms with Crippen LogP contribution in [0.5, 0.6) is 5.75 Å². The molecule has 1 heterocycles. The Balaban J connectivity index is 1.91. The van der Waals surface area contributed by atoms with Crippen molar-refractivity contribution in [3.63, 3.8) is 0 Å². The number of nitrogens with zero attached hydrogens (tertiary/aromatic N) is 1. The van der Waals surface area contributed by atoms with Crippen molar-refractivity contribution < 1.29 is 17.9 Å². The van der Waals surface area contributed by atoms with E-state index in [2.05, 4.69) is 15.9 Å². The fourth-order valence-corrected chi connectivity index (χ4v) is 3.70. The molecule has 1 N–H and O–H groups in total. The molecular weight excluding hydrogens is 384 g/mol. The average Bonchev–Trinajstić information content (AvgIpc) is 2.79. The third-order valence-electron chi connectivity index (χ3n) is 3.25. The zero-order valence-corrected chi connectivity index (χ0v) is 14.3. The third kappa shape index (κ3) is 3.48. The molecule has 0 radical (unpaired) electrons. The van der Waals surface area contributed by atoms with E-state index in [-0.39, 0.29) is 6.54 Å². The lowest BCUT2D eigenvalue weighted by Gasteiger charge is -2.19. The standard InChI is InChI=1S/C15H13BrN2O4S/c16-12-6-7-14(22-10-11-4-2-1-3-5-11)13(8-12)18-9-15(19)17-23(18,20)21/h1-8H,9-10H2,(H,17,19). The minimum absolute atomic E-state index is 0.263. The molecule has 1 aliphatic heterocycles. The quantitative estimate of drug-likeness (QED) is 0.859. The van der Waals surface area contributed by atoms with E-state index in [0.29, 0.717) is 22.5 Å². The molecule has 0 atom stereocenters. The normalized spacial score (nSPS) is 16.2. The maximum Gasteiger partial charge on any atom is 0.326 e. The Hall–Kier alpha value is -2.06. The van der Waals surface area contributed by atoms with Crippen LogP contribution in [-0.4, -0.2) is 20.9 Å². The molecule has 1 fully saturated rings. The van der Waals surface area contributed by atoms with Crippen LogP contribution in [0, 0.1) is 0 Å². The summed E-state index contributed by atoms with van der Waals surface area (Å²) in [7, 11) is -3.88. The Kier molecular flexibility index (Phi) is 4.27. The van der Waals surface area contributed by atoms with Crippen molar-refractivity contribution in [1.82, 2.24) is 4.72 Å². The van der Waals surface area contributed by atoms with Crippen molar-refractivity contribution in [1.29, 1.82) is 0 Å². The van der Waals surface area contributed by atoms with Gasteiger partial charge >= 0.3 is 10.2 Å². The molecule has 0 aromatic heterocycles. The molecule has 0 spiro atoms.